The smallest absolute Gasteiger partial charge is 0.108 e. The molecule has 17 heavy (non-hydrogen) atoms. The Labute approximate surface area is 104 Å². The molecule has 0 amide bonds. The Bertz CT molecular complexity index is 367. The van der Waals surface area contributed by atoms with E-state index in [1.165, 1.54) is 18.7 Å². The summed E-state index contributed by atoms with van der Waals surface area (Å²) in [4.78, 5) is 4.47. The van der Waals surface area contributed by atoms with Crippen LogP contribution in [0.5, 0.6) is 0 Å². The van der Waals surface area contributed by atoms with E-state index >= 15 is 0 Å². The molecule has 1 heterocycles. The SMILES string of the molecule is CCCc1nccn1C1CC(C)(C)CCC1N. The van der Waals surface area contributed by atoms with Crippen molar-refractivity contribution in [3.63, 3.8) is 0 Å². The lowest BCUT2D eigenvalue weighted by atomic mass is 9.73. The Morgan fingerprint density at radius 2 is 2.29 bits per heavy atom. The van der Waals surface area contributed by atoms with Gasteiger partial charge in [-0.05, 0) is 31.1 Å². The minimum absolute atomic E-state index is 0.285. The van der Waals surface area contributed by atoms with E-state index in [0.29, 0.717) is 11.5 Å². The van der Waals surface area contributed by atoms with Crippen molar-refractivity contribution in [3.8, 4) is 0 Å². The van der Waals surface area contributed by atoms with Crippen LogP contribution < -0.4 is 5.73 Å². The molecule has 0 radical (unpaired) electrons. The standard InChI is InChI=1S/C14H25N3/c1-4-5-13-16-8-9-17(13)12-10-14(2,3)7-6-11(12)15/h8-9,11-12H,4-7,10,15H2,1-3H3. The first-order valence-electron chi connectivity index (χ1n) is 6.81. The number of aromatic nitrogens is 2. The van der Waals surface area contributed by atoms with Crippen molar-refractivity contribution in [2.45, 2.75) is 65.0 Å². The van der Waals surface area contributed by atoms with Gasteiger partial charge in [0.1, 0.15) is 5.82 Å². The Balaban J connectivity index is 2.21. The van der Waals surface area contributed by atoms with Crippen molar-refractivity contribution in [3.05, 3.63) is 18.2 Å². The van der Waals surface area contributed by atoms with Gasteiger partial charge in [0.05, 0.1) is 6.04 Å². The minimum Gasteiger partial charge on any atom is -0.330 e. The number of hydrogen-bond acceptors (Lipinski definition) is 2. The van der Waals surface area contributed by atoms with Crippen molar-refractivity contribution in [1.29, 1.82) is 0 Å². The molecule has 2 unspecified atom stereocenters. The van der Waals surface area contributed by atoms with Crippen LogP contribution in [0.2, 0.25) is 0 Å². The normalized spacial score (nSPS) is 28.2. The third-order valence-electron chi connectivity index (χ3n) is 3.99. The van der Waals surface area contributed by atoms with Crippen molar-refractivity contribution in [1.82, 2.24) is 9.55 Å². The van der Waals surface area contributed by atoms with Gasteiger partial charge >= 0.3 is 0 Å². The monoisotopic (exact) mass is 235 g/mol. The van der Waals surface area contributed by atoms with Gasteiger partial charge in [0.2, 0.25) is 0 Å². The molecule has 0 spiro atoms. The Morgan fingerprint density at radius 1 is 1.53 bits per heavy atom. The van der Waals surface area contributed by atoms with Crippen molar-refractivity contribution in [2.75, 3.05) is 0 Å². The van der Waals surface area contributed by atoms with E-state index in [0.717, 1.165) is 19.3 Å². The van der Waals surface area contributed by atoms with Crippen LogP contribution in [0.3, 0.4) is 0 Å². The molecule has 96 valence electrons. The molecule has 1 aromatic rings. The molecule has 1 aromatic heterocycles. The topological polar surface area (TPSA) is 43.8 Å². The molecule has 0 aromatic carbocycles. The molecule has 1 aliphatic rings. The molecular formula is C14H25N3. The van der Waals surface area contributed by atoms with Gasteiger partial charge in [-0.25, -0.2) is 4.98 Å². The van der Waals surface area contributed by atoms with Crippen LogP contribution in [-0.4, -0.2) is 15.6 Å². The zero-order valence-corrected chi connectivity index (χ0v) is 11.3. The summed E-state index contributed by atoms with van der Waals surface area (Å²) < 4.78 is 2.33. The highest BCUT2D eigenvalue weighted by molar-refractivity contribution is 5.01. The minimum atomic E-state index is 0.285. The summed E-state index contributed by atoms with van der Waals surface area (Å²) in [5, 5.41) is 0. The van der Waals surface area contributed by atoms with E-state index in [4.69, 9.17) is 5.73 Å². The predicted molar refractivity (Wildman–Crippen MR) is 70.9 cm³/mol. The fourth-order valence-electron chi connectivity index (χ4n) is 2.94. The van der Waals surface area contributed by atoms with Gasteiger partial charge in [-0.1, -0.05) is 20.8 Å². The molecule has 0 bridgehead atoms. The third kappa shape index (κ3) is 2.71. The van der Waals surface area contributed by atoms with Gasteiger partial charge in [-0.3, -0.25) is 0 Å². The number of hydrogen-bond donors (Lipinski definition) is 1. The molecule has 1 saturated carbocycles. The van der Waals surface area contributed by atoms with Crippen LogP contribution >= 0.6 is 0 Å². The summed E-state index contributed by atoms with van der Waals surface area (Å²) in [5.41, 5.74) is 6.72. The average molecular weight is 235 g/mol. The molecule has 1 aliphatic carbocycles. The number of imidazole rings is 1. The Hall–Kier alpha value is -0.830. The van der Waals surface area contributed by atoms with Gasteiger partial charge in [-0.15, -0.1) is 0 Å². The fraction of sp³-hybridized carbons (Fsp3) is 0.786. The van der Waals surface area contributed by atoms with Gasteiger partial charge < -0.3 is 10.3 Å². The van der Waals surface area contributed by atoms with Crippen LogP contribution in [0.15, 0.2) is 12.4 Å². The molecule has 2 N–H and O–H groups in total. The first kappa shape index (κ1) is 12.6. The molecule has 0 saturated heterocycles. The highest BCUT2D eigenvalue weighted by Crippen LogP contribution is 2.40. The van der Waals surface area contributed by atoms with E-state index in [-0.39, 0.29) is 6.04 Å². The van der Waals surface area contributed by atoms with Crippen LogP contribution in [0.4, 0.5) is 0 Å². The van der Waals surface area contributed by atoms with E-state index < -0.39 is 0 Å². The van der Waals surface area contributed by atoms with E-state index in [1.54, 1.807) is 0 Å². The highest BCUT2D eigenvalue weighted by Gasteiger charge is 2.34. The number of aryl methyl sites for hydroxylation is 1. The second-order valence-electron chi connectivity index (χ2n) is 6.14. The van der Waals surface area contributed by atoms with Crippen LogP contribution in [0, 0.1) is 5.41 Å². The molecule has 3 heteroatoms. The number of nitrogens with two attached hydrogens (primary N) is 1. The van der Waals surface area contributed by atoms with E-state index in [1.807, 2.05) is 6.20 Å². The molecule has 2 atom stereocenters. The summed E-state index contributed by atoms with van der Waals surface area (Å²) in [6, 6.07) is 0.718. The van der Waals surface area contributed by atoms with Crippen molar-refractivity contribution in [2.24, 2.45) is 11.1 Å². The Morgan fingerprint density at radius 3 is 3.00 bits per heavy atom. The molecular weight excluding hydrogens is 210 g/mol. The van der Waals surface area contributed by atoms with E-state index in [2.05, 4.69) is 36.5 Å². The van der Waals surface area contributed by atoms with Gasteiger partial charge in [-0.2, -0.15) is 0 Å². The zero-order valence-electron chi connectivity index (χ0n) is 11.3. The lowest BCUT2D eigenvalue weighted by molar-refractivity contribution is 0.159. The molecule has 1 fully saturated rings. The lowest BCUT2D eigenvalue weighted by Gasteiger charge is -2.40. The summed E-state index contributed by atoms with van der Waals surface area (Å²) >= 11 is 0. The van der Waals surface area contributed by atoms with Crippen LogP contribution in [0.25, 0.3) is 0 Å². The first-order chi connectivity index (χ1) is 8.03. The maximum Gasteiger partial charge on any atom is 0.108 e. The first-order valence-corrected chi connectivity index (χ1v) is 6.81. The summed E-state index contributed by atoms with van der Waals surface area (Å²) in [6.07, 6.45) is 9.75. The summed E-state index contributed by atoms with van der Waals surface area (Å²) in [7, 11) is 0. The highest BCUT2D eigenvalue weighted by atomic mass is 15.1. The summed E-state index contributed by atoms with van der Waals surface area (Å²) in [5.74, 6) is 1.20. The maximum atomic E-state index is 6.31. The zero-order chi connectivity index (χ0) is 12.5. The van der Waals surface area contributed by atoms with Gasteiger partial charge in [0.25, 0.3) is 0 Å². The van der Waals surface area contributed by atoms with Gasteiger partial charge in [0, 0.05) is 24.9 Å². The second-order valence-corrected chi connectivity index (χ2v) is 6.14. The maximum absolute atomic E-state index is 6.31. The molecule has 2 rings (SSSR count). The third-order valence-corrected chi connectivity index (χ3v) is 3.99. The predicted octanol–water partition coefficient (Wildman–Crippen LogP) is 2.91. The number of rotatable bonds is 3. The lowest BCUT2D eigenvalue weighted by Crippen LogP contribution is -2.40. The Kier molecular flexibility index (Phi) is 3.57. The van der Waals surface area contributed by atoms with Crippen molar-refractivity contribution >= 4 is 0 Å². The average Bonchev–Trinajstić information content (AvgIpc) is 2.70. The molecule has 0 aliphatic heterocycles. The van der Waals surface area contributed by atoms with Crippen LogP contribution in [-0.2, 0) is 6.42 Å². The van der Waals surface area contributed by atoms with Crippen LogP contribution in [0.1, 0.15) is 58.3 Å². The second kappa shape index (κ2) is 4.81. The number of nitrogens with zero attached hydrogens (tertiary/aromatic N) is 2. The van der Waals surface area contributed by atoms with Gasteiger partial charge in [0.15, 0.2) is 0 Å². The fourth-order valence-corrected chi connectivity index (χ4v) is 2.94. The van der Waals surface area contributed by atoms with E-state index in [9.17, 15) is 0 Å². The quantitative estimate of drug-likeness (QED) is 0.875. The summed E-state index contributed by atoms with van der Waals surface area (Å²) in [6.45, 7) is 6.90. The largest absolute Gasteiger partial charge is 0.330 e. The van der Waals surface area contributed by atoms with Crippen molar-refractivity contribution < 1.29 is 0 Å². The molecule has 3 nitrogen and oxygen atoms in total.